The van der Waals surface area contributed by atoms with Crippen molar-refractivity contribution in [3.05, 3.63) is 0 Å². The molecule has 1 atom stereocenters. The Labute approximate surface area is 66.5 Å². The van der Waals surface area contributed by atoms with Gasteiger partial charge in [0.1, 0.15) is 0 Å². The molecule has 2 N–H and O–H groups in total. The first-order chi connectivity index (χ1) is 5.33. The second kappa shape index (κ2) is 2.48. The molecule has 0 radical (unpaired) electrons. The van der Waals surface area contributed by atoms with E-state index in [2.05, 4.69) is 10.6 Å². The van der Waals surface area contributed by atoms with Crippen LogP contribution in [0.1, 0.15) is 25.7 Å². The second-order valence-electron chi connectivity index (χ2n) is 3.47. The summed E-state index contributed by atoms with van der Waals surface area (Å²) in [6.45, 7) is 1.87. The van der Waals surface area contributed by atoms with Crippen LogP contribution < -0.4 is 10.6 Å². The summed E-state index contributed by atoms with van der Waals surface area (Å²) in [5.74, 6) is 0.223. The van der Waals surface area contributed by atoms with Crippen LogP contribution in [0.2, 0.25) is 0 Å². The molecular weight excluding hydrogens is 140 g/mol. The summed E-state index contributed by atoms with van der Waals surface area (Å²) in [6, 6.07) is 0. The molecule has 0 saturated carbocycles. The Morgan fingerprint density at radius 1 is 1.18 bits per heavy atom. The van der Waals surface area contributed by atoms with Crippen LogP contribution in [0.5, 0.6) is 0 Å². The average Bonchev–Trinajstić information content (AvgIpc) is 2.46. The lowest BCUT2D eigenvalue weighted by molar-refractivity contribution is -0.128. The number of hydrogen-bond acceptors (Lipinski definition) is 2. The third-order valence-electron chi connectivity index (χ3n) is 2.74. The zero-order chi connectivity index (χ0) is 7.73. The molecule has 2 heterocycles. The predicted molar refractivity (Wildman–Crippen MR) is 42.2 cm³/mol. The third-order valence-corrected chi connectivity index (χ3v) is 2.74. The van der Waals surface area contributed by atoms with Crippen LogP contribution in [0.4, 0.5) is 0 Å². The summed E-state index contributed by atoms with van der Waals surface area (Å²) in [5.41, 5.74) is -0.168. The van der Waals surface area contributed by atoms with Gasteiger partial charge in [-0.2, -0.15) is 0 Å². The van der Waals surface area contributed by atoms with E-state index in [0.717, 1.165) is 38.8 Å². The normalized spacial score (nSPS) is 37.6. The van der Waals surface area contributed by atoms with Gasteiger partial charge in [0.05, 0.1) is 5.54 Å². The summed E-state index contributed by atoms with van der Waals surface area (Å²) in [4.78, 5) is 11.4. The summed E-state index contributed by atoms with van der Waals surface area (Å²) in [5, 5.41) is 6.22. The maximum Gasteiger partial charge on any atom is 0.240 e. The van der Waals surface area contributed by atoms with E-state index < -0.39 is 0 Å². The fourth-order valence-electron chi connectivity index (χ4n) is 2.09. The Bertz CT molecular complexity index is 173. The molecule has 0 aromatic heterocycles. The van der Waals surface area contributed by atoms with E-state index in [9.17, 15) is 4.79 Å². The van der Waals surface area contributed by atoms with Crippen molar-refractivity contribution in [2.45, 2.75) is 31.2 Å². The molecule has 0 bridgehead atoms. The number of hydrogen-bond donors (Lipinski definition) is 2. The maximum atomic E-state index is 11.4. The van der Waals surface area contributed by atoms with Crippen LogP contribution in [0.15, 0.2) is 0 Å². The minimum absolute atomic E-state index is 0.168. The fourth-order valence-corrected chi connectivity index (χ4v) is 2.09. The summed E-state index contributed by atoms with van der Waals surface area (Å²) >= 11 is 0. The summed E-state index contributed by atoms with van der Waals surface area (Å²) in [6.07, 6.45) is 4.32. The zero-order valence-corrected chi connectivity index (χ0v) is 6.65. The van der Waals surface area contributed by atoms with Crippen molar-refractivity contribution < 1.29 is 4.79 Å². The van der Waals surface area contributed by atoms with Crippen LogP contribution in [0.25, 0.3) is 0 Å². The molecule has 0 aliphatic carbocycles. The van der Waals surface area contributed by atoms with Gasteiger partial charge in [0.15, 0.2) is 0 Å². The van der Waals surface area contributed by atoms with Crippen LogP contribution in [0, 0.1) is 0 Å². The molecule has 11 heavy (non-hydrogen) atoms. The number of carbonyl (C=O) groups excluding carboxylic acids is 1. The summed E-state index contributed by atoms with van der Waals surface area (Å²) < 4.78 is 0. The molecule has 3 heteroatoms. The SMILES string of the molecule is O=C1NCCCC12CCCN2. The van der Waals surface area contributed by atoms with E-state index >= 15 is 0 Å². The average molecular weight is 154 g/mol. The van der Waals surface area contributed by atoms with Crippen LogP contribution in [-0.2, 0) is 4.79 Å². The van der Waals surface area contributed by atoms with E-state index in [1.165, 1.54) is 0 Å². The maximum absolute atomic E-state index is 11.4. The molecule has 2 saturated heterocycles. The number of nitrogens with one attached hydrogen (secondary N) is 2. The Balaban J connectivity index is 2.13. The number of piperidine rings is 1. The highest BCUT2D eigenvalue weighted by atomic mass is 16.2. The van der Waals surface area contributed by atoms with Gasteiger partial charge >= 0.3 is 0 Å². The highest BCUT2D eigenvalue weighted by Gasteiger charge is 2.41. The van der Waals surface area contributed by atoms with E-state index in [1.807, 2.05) is 0 Å². The van der Waals surface area contributed by atoms with Crippen LogP contribution in [-0.4, -0.2) is 24.5 Å². The largest absolute Gasteiger partial charge is 0.354 e. The van der Waals surface area contributed by atoms with Gasteiger partial charge in [-0.3, -0.25) is 4.79 Å². The Morgan fingerprint density at radius 3 is 2.55 bits per heavy atom. The zero-order valence-electron chi connectivity index (χ0n) is 6.65. The van der Waals surface area contributed by atoms with Gasteiger partial charge in [0.25, 0.3) is 0 Å². The Hall–Kier alpha value is -0.570. The van der Waals surface area contributed by atoms with E-state index in [1.54, 1.807) is 0 Å². The fraction of sp³-hybridized carbons (Fsp3) is 0.875. The molecule has 2 rings (SSSR count). The number of carbonyl (C=O) groups is 1. The van der Waals surface area contributed by atoms with Gasteiger partial charge in [0, 0.05) is 6.54 Å². The smallest absolute Gasteiger partial charge is 0.240 e. The van der Waals surface area contributed by atoms with Crippen molar-refractivity contribution in [1.29, 1.82) is 0 Å². The van der Waals surface area contributed by atoms with E-state index in [-0.39, 0.29) is 11.4 Å². The van der Waals surface area contributed by atoms with Gasteiger partial charge in [-0.05, 0) is 32.2 Å². The molecule has 2 aliphatic heterocycles. The standard InChI is InChI=1S/C8H14N2O/c11-7-8(3-1-5-9-7)4-2-6-10-8/h10H,1-6H2,(H,9,11). The molecule has 1 amide bonds. The number of amides is 1. The highest BCUT2D eigenvalue weighted by Crippen LogP contribution is 2.26. The van der Waals surface area contributed by atoms with Gasteiger partial charge in [-0.15, -0.1) is 0 Å². The Morgan fingerprint density at radius 2 is 1.91 bits per heavy atom. The molecule has 2 aliphatic rings. The molecule has 2 fully saturated rings. The van der Waals surface area contributed by atoms with E-state index in [0.29, 0.717) is 0 Å². The minimum atomic E-state index is -0.168. The van der Waals surface area contributed by atoms with E-state index in [4.69, 9.17) is 0 Å². The lowest BCUT2D eigenvalue weighted by Gasteiger charge is -2.32. The molecule has 3 nitrogen and oxygen atoms in total. The molecule has 0 aromatic rings. The van der Waals surface area contributed by atoms with Crippen molar-refractivity contribution in [2.75, 3.05) is 13.1 Å². The van der Waals surface area contributed by atoms with Crippen molar-refractivity contribution >= 4 is 5.91 Å². The first kappa shape index (κ1) is 7.10. The molecule has 62 valence electrons. The molecule has 1 unspecified atom stereocenters. The number of rotatable bonds is 0. The van der Waals surface area contributed by atoms with Crippen molar-refractivity contribution in [3.8, 4) is 0 Å². The predicted octanol–water partition coefficient (Wildman–Crippen LogP) is 0.0186. The topological polar surface area (TPSA) is 41.1 Å². The first-order valence-corrected chi connectivity index (χ1v) is 4.37. The monoisotopic (exact) mass is 154 g/mol. The quantitative estimate of drug-likeness (QED) is 0.516. The lowest BCUT2D eigenvalue weighted by Crippen LogP contribution is -2.56. The molecular formula is C8H14N2O. The molecule has 0 aromatic carbocycles. The van der Waals surface area contributed by atoms with Crippen molar-refractivity contribution in [2.24, 2.45) is 0 Å². The van der Waals surface area contributed by atoms with Gasteiger partial charge in [-0.25, -0.2) is 0 Å². The van der Waals surface area contributed by atoms with Crippen molar-refractivity contribution in [1.82, 2.24) is 10.6 Å². The summed E-state index contributed by atoms with van der Waals surface area (Å²) in [7, 11) is 0. The minimum Gasteiger partial charge on any atom is -0.354 e. The molecule has 1 spiro atoms. The van der Waals surface area contributed by atoms with Crippen molar-refractivity contribution in [3.63, 3.8) is 0 Å². The lowest BCUT2D eigenvalue weighted by atomic mass is 9.88. The van der Waals surface area contributed by atoms with Crippen LogP contribution >= 0.6 is 0 Å². The highest BCUT2D eigenvalue weighted by molar-refractivity contribution is 5.87. The van der Waals surface area contributed by atoms with Gasteiger partial charge in [0.2, 0.25) is 5.91 Å². The van der Waals surface area contributed by atoms with Gasteiger partial charge in [-0.1, -0.05) is 0 Å². The Kier molecular flexibility index (Phi) is 1.60. The van der Waals surface area contributed by atoms with Gasteiger partial charge < -0.3 is 10.6 Å². The van der Waals surface area contributed by atoms with Crippen LogP contribution in [0.3, 0.4) is 0 Å². The third kappa shape index (κ3) is 1.03. The first-order valence-electron chi connectivity index (χ1n) is 4.37. The second-order valence-corrected chi connectivity index (χ2v) is 3.47.